The number of nitrogens with zero attached hydrogens (tertiary/aromatic N) is 4. The monoisotopic (exact) mass is 380 g/mol. The molecule has 7 nitrogen and oxygen atoms in total. The first-order valence-electron chi connectivity index (χ1n) is 9.43. The molecule has 2 aromatic heterocycles. The van der Waals surface area contributed by atoms with Gasteiger partial charge in [-0.3, -0.25) is 4.68 Å². The maximum absolute atomic E-state index is 12.7. The fourth-order valence-corrected chi connectivity index (χ4v) is 3.93. The molecule has 1 aliphatic rings. The zero-order chi connectivity index (χ0) is 19.8. The molecule has 28 heavy (non-hydrogen) atoms. The van der Waals surface area contributed by atoms with Gasteiger partial charge in [0.05, 0.1) is 30.5 Å². The van der Waals surface area contributed by atoms with Crippen LogP contribution in [0.15, 0.2) is 24.4 Å². The molecular formula is C21H24N4O3. The lowest BCUT2D eigenvalue weighted by molar-refractivity contribution is 0.0526. The first-order valence-corrected chi connectivity index (χ1v) is 9.43. The van der Waals surface area contributed by atoms with E-state index < -0.39 is 0 Å². The van der Waals surface area contributed by atoms with Crippen molar-refractivity contribution >= 4 is 22.7 Å². The average molecular weight is 380 g/mol. The van der Waals surface area contributed by atoms with Crippen LogP contribution in [0.4, 0.5) is 5.69 Å². The molecular weight excluding hydrogens is 356 g/mol. The summed E-state index contributed by atoms with van der Waals surface area (Å²) in [4.78, 5) is 19.4. The molecule has 1 aromatic carbocycles. The second kappa shape index (κ2) is 7.14. The summed E-state index contributed by atoms with van der Waals surface area (Å²) < 4.78 is 12.5. The Balaban J connectivity index is 1.86. The highest BCUT2D eigenvalue weighted by Gasteiger charge is 2.27. The van der Waals surface area contributed by atoms with Gasteiger partial charge in [-0.25, -0.2) is 9.78 Å². The molecule has 0 fully saturated rings. The summed E-state index contributed by atoms with van der Waals surface area (Å²) in [5.41, 5.74) is 5.45. The number of aryl methyl sites for hydroxylation is 2. The Bertz CT molecular complexity index is 1060. The lowest BCUT2D eigenvalue weighted by atomic mass is 9.97. The number of pyridine rings is 1. The summed E-state index contributed by atoms with van der Waals surface area (Å²) in [6.45, 7) is 5.57. The van der Waals surface area contributed by atoms with Gasteiger partial charge in [-0.05, 0) is 43.5 Å². The number of aromatic nitrogens is 3. The van der Waals surface area contributed by atoms with Crippen LogP contribution in [-0.2, 0) is 24.8 Å². The number of ether oxygens (including phenoxy) is 2. The molecule has 0 saturated heterocycles. The van der Waals surface area contributed by atoms with Crippen molar-refractivity contribution in [3.63, 3.8) is 0 Å². The van der Waals surface area contributed by atoms with E-state index in [4.69, 9.17) is 9.47 Å². The Morgan fingerprint density at radius 2 is 2.11 bits per heavy atom. The van der Waals surface area contributed by atoms with Gasteiger partial charge in [-0.1, -0.05) is 6.07 Å². The minimum atomic E-state index is -0.355. The van der Waals surface area contributed by atoms with Crippen LogP contribution in [0.1, 0.15) is 34.1 Å². The molecule has 3 heterocycles. The predicted octanol–water partition coefficient (Wildman–Crippen LogP) is 3.02. The van der Waals surface area contributed by atoms with Gasteiger partial charge in [0, 0.05) is 26.3 Å². The topological polar surface area (TPSA) is 69.5 Å². The maximum Gasteiger partial charge on any atom is 0.341 e. The van der Waals surface area contributed by atoms with E-state index in [9.17, 15) is 4.79 Å². The van der Waals surface area contributed by atoms with Crippen molar-refractivity contribution in [1.82, 2.24) is 14.8 Å². The highest BCUT2D eigenvalue weighted by Crippen LogP contribution is 2.36. The van der Waals surface area contributed by atoms with Gasteiger partial charge in [0.15, 0.2) is 5.65 Å². The van der Waals surface area contributed by atoms with Crippen LogP contribution in [0.2, 0.25) is 0 Å². The number of methoxy groups -OCH3 is 1. The number of carbonyl (C=O) groups is 1. The third-order valence-electron chi connectivity index (χ3n) is 5.24. The van der Waals surface area contributed by atoms with E-state index in [1.807, 2.05) is 27.0 Å². The van der Waals surface area contributed by atoms with Crippen LogP contribution in [-0.4, -0.2) is 41.0 Å². The summed E-state index contributed by atoms with van der Waals surface area (Å²) in [5.74, 6) is 0.482. The first kappa shape index (κ1) is 18.3. The average Bonchev–Trinajstić information content (AvgIpc) is 3.00. The molecule has 0 atom stereocenters. The fourth-order valence-electron chi connectivity index (χ4n) is 3.93. The van der Waals surface area contributed by atoms with Gasteiger partial charge >= 0.3 is 5.97 Å². The molecule has 0 saturated carbocycles. The number of benzene rings is 1. The van der Waals surface area contributed by atoms with Crippen molar-refractivity contribution < 1.29 is 14.3 Å². The molecule has 0 bridgehead atoms. The fraction of sp³-hybridized carbons (Fsp3) is 0.381. The Kier molecular flexibility index (Phi) is 4.66. The molecule has 0 unspecified atom stereocenters. The molecule has 3 aromatic rings. The highest BCUT2D eigenvalue weighted by atomic mass is 16.5. The molecule has 4 rings (SSSR count). The smallest absolute Gasteiger partial charge is 0.341 e. The minimum absolute atomic E-state index is 0.322. The van der Waals surface area contributed by atoms with Crippen LogP contribution in [0.3, 0.4) is 0 Å². The van der Waals surface area contributed by atoms with Gasteiger partial charge in [0.25, 0.3) is 0 Å². The van der Waals surface area contributed by atoms with Gasteiger partial charge in [0.2, 0.25) is 0 Å². The molecule has 0 aliphatic carbocycles. The number of esters is 1. The van der Waals surface area contributed by atoms with Crippen molar-refractivity contribution in [1.29, 1.82) is 0 Å². The van der Waals surface area contributed by atoms with E-state index in [0.717, 1.165) is 41.1 Å². The van der Waals surface area contributed by atoms with Crippen LogP contribution >= 0.6 is 0 Å². The Hall–Kier alpha value is -3.09. The summed E-state index contributed by atoms with van der Waals surface area (Å²) in [5, 5.41) is 5.42. The van der Waals surface area contributed by atoms with E-state index in [2.05, 4.69) is 27.1 Å². The number of fused-ring (bicyclic) bond motifs is 2. The summed E-state index contributed by atoms with van der Waals surface area (Å²) in [6.07, 6.45) is 2.50. The third kappa shape index (κ3) is 2.96. The van der Waals surface area contributed by atoms with Crippen molar-refractivity contribution in [2.24, 2.45) is 7.05 Å². The SMILES string of the molecule is CCOC(=O)c1cnc2c(c(C)nn2C)c1N1CCc2ccc(OC)cc2C1. The van der Waals surface area contributed by atoms with E-state index >= 15 is 0 Å². The van der Waals surface area contributed by atoms with Crippen LogP contribution in [0, 0.1) is 6.92 Å². The Labute approximate surface area is 163 Å². The molecule has 0 N–H and O–H groups in total. The lowest BCUT2D eigenvalue weighted by Crippen LogP contribution is -2.32. The maximum atomic E-state index is 12.7. The Morgan fingerprint density at radius 1 is 1.29 bits per heavy atom. The molecule has 0 radical (unpaired) electrons. The molecule has 146 valence electrons. The zero-order valence-electron chi connectivity index (χ0n) is 16.7. The van der Waals surface area contributed by atoms with Crippen molar-refractivity contribution in [3.05, 3.63) is 46.8 Å². The van der Waals surface area contributed by atoms with Crippen LogP contribution in [0.25, 0.3) is 11.0 Å². The zero-order valence-corrected chi connectivity index (χ0v) is 16.7. The summed E-state index contributed by atoms with van der Waals surface area (Å²) >= 11 is 0. The molecule has 0 amide bonds. The number of hydrogen-bond donors (Lipinski definition) is 0. The summed E-state index contributed by atoms with van der Waals surface area (Å²) in [6, 6.07) is 6.18. The molecule has 0 spiro atoms. The third-order valence-corrected chi connectivity index (χ3v) is 5.24. The lowest BCUT2D eigenvalue weighted by Gasteiger charge is -2.32. The standard InChI is InChI=1S/C21H24N4O3/c1-5-28-21(26)17-11-22-20-18(13(2)23-24(20)3)19(17)25-9-8-14-6-7-16(27-4)10-15(14)12-25/h6-7,10-11H,5,8-9,12H2,1-4H3. The van der Waals surface area contributed by atoms with Gasteiger partial charge in [-0.15, -0.1) is 0 Å². The van der Waals surface area contributed by atoms with Crippen LogP contribution < -0.4 is 9.64 Å². The van der Waals surface area contributed by atoms with Crippen molar-refractivity contribution in [2.45, 2.75) is 26.8 Å². The normalized spacial score (nSPS) is 13.5. The van der Waals surface area contributed by atoms with E-state index in [1.165, 1.54) is 11.1 Å². The molecule has 7 heteroatoms. The van der Waals surface area contributed by atoms with Gasteiger partial charge in [0.1, 0.15) is 11.3 Å². The number of rotatable bonds is 4. The largest absolute Gasteiger partial charge is 0.497 e. The minimum Gasteiger partial charge on any atom is -0.497 e. The number of hydrogen-bond acceptors (Lipinski definition) is 6. The number of anilines is 1. The summed E-state index contributed by atoms with van der Waals surface area (Å²) in [7, 11) is 3.54. The van der Waals surface area contributed by atoms with Crippen molar-refractivity contribution in [3.8, 4) is 5.75 Å². The molecule has 1 aliphatic heterocycles. The van der Waals surface area contributed by atoms with E-state index in [1.54, 1.807) is 18.0 Å². The van der Waals surface area contributed by atoms with Crippen molar-refractivity contribution in [2.75, 3.05) is 25.2 Å². The second-order valence-electron chi connectivity index (χ2n) is 6.95. The predicted molar refractivity (Wildman–Crippen MR) is 107 cm³/mol. The van der Waals surface area contributed by atoms with E-state index in [0.29, 0.717) is 18.7 Å². The van der Waals surface area contributed by atoms with Crippen LogP contribution in [0.5, 0.6) is 5.75 Å². The first-order chi connectivity index (χ1) is 13.5. The quantitative estimate of drug-likeness (QED) is 0.648. The van der Waals surface area contributed by atoms with E-state index in [-0.39, 0.29) is 5.97 Å². The van der Waals surface area contributed by atoms with Gasteiger partial charge in [-0.2, -0.15) is 5.10 Å². The highest BCUT2D eigenvalue weighted by molar-refractivity contribution is 6.05. The van der Waals surface area contributed by atoms with Gasteiger partial charge < -0.3 is 14.4 Å². The second-order valence-corrected chi connectivity index (χ2v) is 6.95. The number of carbonyl (C=O) groups excluding carboxylic acids is 1. The Morgan fingerprint density at radius 3 is 2.86 bits per heavy atom.